The van der Waals surface area contributed by atoms with Gasteiger partial charge in [-0.2, -0.15) is 0 Å². The van der Waals surface area contributed by atoms with Crippen molar-refractivity contribution in [3.8, 4) is 0 Å². The summed E-state index contributed by atoms with van der Waals surface area (Å²) in [7, 11) is 0. The lowest BCUT2D eigenvalue weighted by Gasteiger charge is -2.25. The number of benzene rings is 1. The average molecular weight is 316 g/mol. The van der Waals surface area contributed by atoms with Crippen LogP contribution in [-0.2, 0) is 16.0 Å². The fourth-order valence-electron chi connectivity index (χ4n) is 3.63. The first kappa shape index (κ1) is 16.5. The van der Waals surface area contributed by atoms with E-state index >= 15 is 0 Å². The lowest BCUT2D eigenvalue weighted by atomic mass is 9.89. The van der Waals surface area contributed by atoms with Crippen LogP contribution in [0.3, 0.4) is 0 Å². The maximum absolute atomic E-state index is 11.8. The van der Waals surface area contributed by atoms with Crippen molar-refractivity contribution in [2.24, 2.45) is 0 Å². The summed E-state index contributed by atoms with van der Waals surface area (Å²) in [5.41, 5.74) is 2.79. The fourth-order valence-corrected chi connectivity index (χ4v) is 3.63. The topological polar surface area (TPSA) is 50.4 Å². The van der Waals surface area contributed by atoms with Crippen molar-refractivity contribution < 1.29 is 9.53 Å². The first-order valence-electron chi connectivity index (χ1n) is 9.02. The van der Waals surface area contributed by atoms with E-state index < -0.39 is 0 Å². The second kappa shape index (κ2) is 8.46. The Kier molecular flexibility index (Phi) is 6.06. The molecule has 1 fully saturated rings. The van der Waals surface area contributed by atoms with Gasteiger partial charge in [-0.1, -0.05) is 24.3 Å². The molecule has 0 bridgehead atoms. The number of ether oxygens (including phenoxy) is 1. The smallest absolute Gasteiger partial charge is 0.221 e. The van der Waals surface area contributed by atoms with Crippen LogP contribution in [-0.4, -0.2) is 31.6 Å². The van der Waals surface area contributed by atoms with Crippen LogP contribution in [0.15, 0.2) is 24.3 Å². The predicted molar refractivity (Wildman–Crippen MR) is 91.3 cm³/mol. The Bertz CT molecular complexity index is 512. The molecule has 23 heavy (non-hydrogen) atoms. The molecule has 1 aliphatic heterocycles. The number of rotatable bonds is 7. The molecule has 1 aliphatic carbocycles. The summed E-state index contributed by atoms with van der Waals surface area (Å²) in [5, 5.41) is 6.36. The van der Waals surface area contributed by atoms with E-state index in [0.29, 0.717) is 25.6 Å². The van der Waals surface area contributed by atoms with Gasteiger partial charge in [0.05, 0.1) is 6.10 Å². The molecule has 1 heterocycles. The van der Waals surface area contributed by atoms with Crippen molar-refractivity contribution >= 4 is 5.91 Å². The van der Waals surface area contributed by atoms with E-state index in [0.717, 1.165) is 25.8 Å². The number of carbonyl (C=O) groups excluding carboxylic acids is 1. The Morgan fingerprint density at radius 1 is 1.26 bits per heavy atom. The maximum Gasteiger partial charge on any atom is 0.221 e. The predicted octanol–water partition coefficient (Wildman–Crippen LogP) is 2.73. The minimum atomic E-state index is 0.160. The monoisotopic (exact) mass is 316 g/mol. The zero-order valence-corrected chi connectivity index (χ0v) is 13.9. The number of aryl methyl sites for hydroxylation is 1. The summed E-state index contributed by atoms with van der Waals surface area (Å²) in [5.74, 6) is 0.160. The van der Waals surface area contributed by atoms with Gasteiger partial charge in [-0.3, -0.25) is 4.79 Å². The molecular formula is C19H28N2O2. The quantitative estimate of drug-likeness (QED) is 0.761. The molecular weight excluding hydrogens is 288 g/mol. The number of hydrogen-bond donors (Lipinski definition) is 2. The molecule has 1 aromatic carbocycles. The molecule has 126 valence electrons. The van der Waals surface area contributed by atoms with Crippen molar-refractivity contribution in [1.82, 2.24) is 10.6 Å². The van der Waals surface area contributed by atoms with E-state index in [1.165, 1.54) is 30.4 Å². The minimum absolute atomic E-state index is 0.160. The van der Waals surface area contributed by atoms with Gasteiger partial charge in [0.2, 0.25) is 5.91 Å². The summed E-state index contributed by atoms with van der Waals surface area (Å²) in [6.07, 6.45) is 7.51. The van der Waals surface area contributed by atoms with Crippen LogP contribution in [0, 0.1) is 0 Å². The Labute approximate surface area is 139 Å². The summed E-state index contributed by atoms with van der Waals surface area (Å²) >= 11 is 0. The molecule has 3 rings (SSSR count). The summed E-state index contributed by atoms with van der Waals surface area (Å²) in [6, 6.07) is 8.98. The Balaban J connectivity index is 1.32. The van der Waals surface area contributed by atoms with E-state index in [1.54, 1.807) is 0 Å². The van der Waals surface area contributed by atoms with Gasteiger partial charge in [0.15, 0.2) is 0 Å². The van der Waals surface area contributed by atoms with Gasteiger partial charge in [0.25, 0.3) is 0 Å². The van der Waals surface area contributed by atoms with Crippen LogP contribution in [0.4, 0.5) is 0 Å². The molecule has 1 amide bonds. The second-order valence-electron chi connectivity index (χ2n) is 6.65. The zero-order valence-electron chi connectivity index (χ0n) is 13.9. The van der Waals surface area contributed by atoms with Crippen molar-refractivity contribution in [2.45, 2.75) is 57.1 Å². The van der Waals surface area contributed by atoms with Crippen LogP contribution in [0.1, 0.15) is 55.8 Å². The Morgan fingerprint density at radius 3 is 3.04 bits per heavy atom. The molecule has 0 spiro atoms. The van der Waals surface area contributed by atoms with Gasteiger partial charge in [-0.15, -0.1) is 0 Å². The molecule has 0 aromatic heterocycles. The third-order valence-corrected chi connectivity index (χ3v) is 4.87. The zero-order chi connectivity index (χ0) is 15.9. The lowest BCUT2D eigenvalue weighted by molar-refractivity contribution is -0.121. The minimum Gasteiger partial charge on any atom is -0.373 e. The first-order valence-corrected chi connectivity index (χ1v) is 9.02. The van der Waals surface area contributed by atoms with E-state index in [1.807, 2.05) is 0 Å². The second-order valence-corrected chi connectivity index (χ2v) is 6.65. The van der Waals surface area contributed by atoms with Crippen molar-refractivity contribution in [2.75, 3.05) is 19.7 Å². The molecule has 2 aliphatic rings. The van der Waals surface area contributed by atoms with E-state index in [2.05, 4.69) is 34.9 Å². The van der Waals surface area contributed by atoms with Crippen LogP contribution >= 0.6 is 0 Å². The standard InChI is InChI=1S/C19H28N2O2/c22-19(14-16-8-4-11-20-16)21-12-5-13-23-18-10-3-7-15-6-1-2-9-17(15)18/h1-2,6,9,16,18,20H,3-5,7-8,10-14H2,(H,21,22). The van der Waals surface area contributed by atoms with Crippen molar-refractivity contribution in [3.63, 3.8) is 0 Å². The highest BCUT2D eigenvalue weighted by atomic mass is 16.5. The fraction of sp³-hybridized carbons (Fsp3) is 0.632. The van der Waals surface area contributed by atoms with Gasteiger partial charge in [-0.25, -0.2) is 0 Å². The molecule has 2 unspecified atom stereocenters. The number of amides is 1. The van der Waals surface area contributed by atoms with Gasteiger partial charge in [-0.05, 0) is 56.2 Å². The Morgan fingerprint density at radius 2 is 2.17 bits per heavy atom. The number of nitrogens with one attached hydrogen (secondary N) is 2. The van der Waals surface area contributed by atoms with Gasteiger partial charge in [0, 0.05) is 25.6 Å². The lowest BCUT2D eigenvalue weighted by Crippen LogP contribution is -2.32. The third-order valence-electron chi connectivity index (χ3n) is 4.87. The molecule has 4 nitrogen and oxygen atoms in total. The normalized spacial score (nSPS) is 23.5. The highest BCUT2D eigenvalue weighted by Gasteiger charge is 2.20. The van der Waals surface area contributed by atoms with Crippen LogP contribution in [0.5, 0.6) is 0 Å². The number of hydrogen-bond acceptors (Lipinski definition) is 3. The Hall–Kier alpha value is -1.39. The summed E-state index contributed by atoms with van der Waals surface area (Å²) in [4.78, 5) is 11.8. The molecule has 2 N–H and O–H groups in total. The third kappa shape index (κ3) is 4.79. The molecule has 0 radical (unpaired) electrons. The molecule has 0 saturated carbocycles. The van der Waals surface area contributed by atoms with E-state index in [9.17, 15) is 4.79 Å². The molecule has 4 heteroatoms. The van der Waals surface area contributed by atoms with E-state index in [4.69, 9.17) is 4.74 Å². The van der Waals surface area contributed by atoms with Crippen molar-refractivity contribution in [3.05, 3.63) is 35.4 Å². The summed E-state index contributed by atoms with van der Waals surface area (Å²) < 4.78 is 6.06. The van der Waals surface area contributed by atoms with Crippen LogP contribution in [0.25, 0.3) is 0 Å². The molecule has 1 aromatic rings. The molecule has 1 saturated heterocycles. The van der Waals surface area contributed by atoms with Crippen LogP contribution in [0.2, 0.25) is 0 Å². The number of fused-ring (bicyclic) bond motifs is 1. The highest BCUT2D eigenvalue weighted by molar-refractivity contribution is 5.76. The maximum atomic E-state index is 11.8. The SMILES string of the molecule is O=C(CC1CCCN1)NCCCOC1CCCc2ccccc21. The van der Waals surface area contributed by atoms with E-state index in [-0.39, 0.29) is 12.0 Å². The largest absolute Gasteiger partial charge is 0.373 e. The van der Waals surface area contributed by atoms with Crippen LogP contribution < -0.4 is 10.6 Å². The van der Waals surface area contributed by atoms with Gasteiger partial charge < -0.3 is 15.4 Å². The average Bonchev–Trinajstić information content (AvgIpc) is 3.07. The van der Waals surface area contributed by atoms with Gasteiger partial charge >= 0.3 is 0 Å². The highest BCUT2D eigenvalue weighted by Crippen LogP contribution is 2.32. The van der Waals surface area contributed by atoms with Gasteiger partial charge in [0.1, 0.15) is 0 Å². The van der Waals surface area contributed by atoms with Crippen molar-refractivity contribution in [1.29, 1.82) is 0 Å². The summed E-state index contributed by atoms with van der Waals surface area (Å²) in [6.45, 7) is 2.47. The number of carbonyl (C=O) groups is 1. The first-order chi connectivity index (χ1) is 11.3. The molecule has 2 atom stereocenters.